The first-order valence-corrected chi connectivity index (χ1v) is 7.17. The lowest BCUT2D eigenvalue weighted by molar-refractivity contribution is 0.625. The summed E-state index contributed by atoms with van der Waals surface area (Å²) in [5.74, 6) is 0. The van der Waals surface area contributed by atoms with E-state index in [1.807, 2.05) is 23.3 Å². The van der Waals surface area contributed by atoms with E-state index in [0.717, 1.165) is 19.5 Å². The van der Waals surface area contributed by atoms with Gasteiger partial charge in [0, 0.05) is 29.2 Å². The summed E-state index contributed by atoms with van der Waals surface area (Å²) in [6.45, 7) is 2.02. The van der Waals surface area contributed by atoms with Gasteiger partial charge in [0.25, 0.3) is 0 Å². The molecular formula is C11H15N3S2. The van der Waals surface area contributed by atoms with Gasteiger partial charge in [-0.1, -0.05) is 0 Å². The van der Waals surface area contributed by atoms with Gasteiger partial charge in [0.05, 0.1) is 10.5 Å². The van der Waals surface area contributed by atoms with E-state index >= 15 is 0 Å². The van der Waals surface area contributed by atoms with E-state index < -0.39 is 0 Å². The molecule has 0 saturated carbocycles. The summed E-state index contributed by atoms with van der Waals surface area (Å²) < 4.78 is 0. The lowest BCUT2D eigenvalue weighted by Crippen LogP contribution is -2.13. The quantitative estimate of drug-likeness (QED) is 0.771. The average molecular weight is 253 g/mol. The number of aryl methyl sites for hydroxylation is 1. The number of rotatable bonds is 7. The Morgan fingerprint density at radius 2 is 2.25 bits per heavy atom. The predicted octanol–water partition coefficient (Wildman–Crippen LogP) is 2.71. The summed E-state index contributed by atoms with van der Waals surface area (Å²) >= 11 is 3.45. The highest BCUT2D eigenvalue weighted by Crippen LogP contribution is 2.08. The molecule has 2 aromatic rings. The molecule has 2 heterocycles. The lowest BCUT2D eigenvalue weighted by Gasteiger charge is -2.01. The van der Waals surface area contributed by atoms with Crippen molar-refractivity contribution < 1.29 is 0 Å². The number of nitrogens with one attached hydrogen (secondary N) is 1. The minimum Gasteiger partial charge on any atom is -0.312 e. The van der Waals surface area contributed by atoms with E-state index in [4.69, 9.17) is 0 Å². The van der Waals surface area contributed by atoms with Crippen molar-refractivity contribution in [2.24, 2.45) is 0 Å². The van der Waals surface area contributed by atoms with Crippen molar-refractivity contribution in [1.82, 2.24) is 15.3 Å². The van der Waals surface area contributed by atoms with E-state index in [9.17, 15) is 0 Å². The first-order valence-electron chi connectivity index (χ1n) is 5.41. The van der Waals surface area contributed by atoms with Crippen molar-refractivity contribution in [2.45, 2.75) is 25.8 Å². The number of hydrogen-bond acceptors (Lipinski definition) is 5. The van der Waals surface area contributed by atoms with Gasteiger partial charge in [-0.3, -0.25) is 4.98 Å². The Labute approximate surface area is 104 Å². The summed E-state index contributed by atoms with van der Waals surface area (Å²) in [5.41, 5.74) is 1.87. The van der Waals surface area contributed by atoms with Crippen LogP contribution in [0.15, 0.2) is 23.3 Å². The molecular weight excluding hydrogens is 238 g/mol. The van der Waals surface area contributed by atoms with Gasteiger partial charge >= 0.3 is 0 Å². The maximum Gasteiger partial charge on any atom is 0.0924 e. The van der Waals surface area contributed by atoms with Crippen LogP contribution in [0.5, 0.6) is 0 Å². The fourth-order valence-corrected chi connectivity index (χ4v) is 2.67. The van der Waals surface area contributed by atoms with Crippen LogP contribution in [0.4, 0.5) is 0 Å². The first kappa shape index (κ1) is 11.7. The summed E-state index contributed by atoms with van der Waals surface area (Å²) in [6.07, 6.45) is 7.33. The molecule has 0 radical (unpaired) electrons. The third-order valence-corrected chi connectivity index (χ3v) is 3.88. The van der Waals surface area contributed by atoms with Crippen molar-refractivity contribution in [1.29, 1.82) is 0 Å². The third-order valence-electron chi connectivity index (χ3n) is 2.26. The molecule has 0 aromatic carbocycles. The van der Waals surface area contributed by atoms with Gasteiger partial charge in [-0.05, 0) is 25.8 Å². The van der Waals surface area contributed by atoms with E-state index in [2.05, 4.69) is 15.3 Å². The predicted molar refractivity (Wildman–Crippen MR) is 68.9 cm³/mol. The molecule has 0 aliphatic heterocycles. The maximum atomic E-state index is 4.27. The SMILES string of the molecule is c1csc(CCCCNCc2cncs2)n1. The van der Waals surface area contributed by atoms with Crippen molar-refractivity contribution in [3.8, 4) is 0 Å². The Hall–Kier alpha value is -0.780. The normalized spacial score (nSPS) is 10.8. The minimum atomic E-state index is 0.946. The second-order valence-electron chi connectivity index (χ2n) is 3.53. The van der Waals surface area contributed by atoms with Crippen LogP contribution in [0, 0.1) is 0 Å². The number of unbranched alkanes of at least 4 members (excludes halogenated alkanes) is 1. The molecule has 5 heteroatoms. The molecule has 0 amide bonds. The molecule has 0 aliphatic carbocycles. The summed E-state index contributed by atoms with van der Waals surface area (Å²) in [6, 6.07) is 0. The molecule has 2 rings (SSSR count). The smallest absolute Gasteiger partial charge is 0.0924 e. The molecule has 2 aromatic heterocycles. The van der Waals surface area contributed by atoms with Gasteiger partial charge in [0.2, 0.25) is 0 Å². The highest BCUT2D eigenvalue weighted by atomic mass is 32.1. The first-order chi connectivity index (χ1) is 7.95. The Morgan fingerprint density at radius 1 is 1.25 bits per heavy atom. The number of hydrogen-bond donors (Lipinski definition) is 1. The van der Waals surface area contributed by atoms with Crippen LogP contribution < -0.4 is 5.32 Å². The van der Waals surface area contributed by atoms with Gasteiger partial charge in [-0.2, -0.15) is 0 Å². The molecule has 86 valence electrons. The minimum absolute atomic E-state index is 0.946. The van der Waals surface area contributed by atoms with Crippen LogP contribution in [-0.4, -0.2) is 16.5 Å². The Balaban J connectivity index is 1.49. The van der Waals surface area contributed by atoms with Gasteiger partial charge in [0.15, 0.2) is 0 Å². The molecule has 16 heavy (non-hydrogen) atoms. The molecule has 0 saturated heterocycles. The maximum absolute atomic E-state index is 4.27. The van der Waals surface area contributed by atoms with E-state index in [1.165, 1.54) is 22.7 Å². The average Bonchev–Trinajstić information content (AvgIpc) is 2.96. The topological polar surface area (TPSA) is 37.8 Å². The highest BCUT2D eigenvalue weighted by Gasteiger charge is 1.96. The van der Waals surface area contributed by atoms with Crippen molar-refractivity contribution >= 4 is 22.7 Å². The number of thiazole rings is 2. The van der Waals surface area contributed by atoms with Gasteiger partial charge in [-0.25, -0.2) is 4.98 Å². The van der Waals surface area contributed by atoms with Crippen molar-refractivity contribution in [3.05, 3.63) is 33.2 Å². The molecule has 3 nitrogen and oxygen atoms in total. The van der Waals surface area contributed by atoms with Gasteiger partial charge in [0.1, 0.15) is 0 Å². The molecule has 0 unspecified atom stereocenters. The molecule has 0 bridgehead atoms. The second kappa shape index (κ2) is 6.73. The van der Waals surface area contributed by atoms with Crippen LogP contribution in [0.2, 0.25) is 0 Å². The fraction of sp³-hybridized carbons (Fsp3) is 0.455. The zero-order chi connectivity index (χ0) is 11.1. The van der Waals surface area contributed by atoms with Crippen LogP contribution in [0.1, 0.15) is 22.7 Å². The molecule has 0 aliphatic rings. The monoisotopic (exact) mass is 253 g/mol. The van der Waals surface area contributed by atoms with E-state index in [1.54, 1.807) is 22.7 Å². The van der Waals surface area contributed by atoms with Crippen LogP contribution in [0.25, 0.3) is 0 Å². The standard InChI is InChI=1S/C11H15N3S2/c1(3-11-14-5-6-15-11)2-4-12-7-10-8-13-9-16-10/h5-6,8-9,12H,1-4,7H2. The van der Waals surface area contributed by atoms with Crippen molar-refractivity contribution in [2.75, 3.05) is 6.54 Å². The van der Waals surface area contributed by atoms with Crippen LogP contribution in [-0.2, 0) is 13.0 Å². The summed E-state index contributed by atoms with van der Waals surface area (Å²) in [7, 11) is 0. The van der Waals surface area contributed by atoms with Crippen molar-refractivity contribution in [3.63, 3.8) is 0 Å². The second-order valence-corrected chi connectivity index (χ2v) is 5.48. The number of aromatic nitrogens is 2. The van der Waals surface area contributed by atoms with E-state index in [-0.39, 0.29) is 0 Å². The molecule has 0 atom stereocenters. The molecule has 0 fully saturated rings. The Kier molecular flexibility index (Phi) is 4.92. The summed E-state index contributed by atoms with van der Waals surface area (Å²) in [5, 5.41) is 6.71. The van der Waals surface area contributed by atoms with Gasteiger partial charge in [-0.15, -0.1) is 22.7 Å². The Bertz CT molecular complexity index is 332. The van der Waals surface area contributed by atoms with Crippen LogP contribution >= 0.6 is 22.7 Å². The summed E-state index contributed by atoms with van der Waals surface area (Å²) in [4.78, 5) is 9.61. The largest absolute Gasteiger partial charge is 0.312 e. The lowest BCUT2D eigenvalue weighted by atomic mass is 10.2. The molecule has 0 spiro atoms. The fourth-order valence-electron chi connectivity index (χ4n) is 1.44. The highest BCUT2D eigenvalue weighted by molar-refractivity contribution is 7.09. The van der Waals surface area contributed by atoms with Crippen LogP contribution in [0.3, 0.4) is 0 Å². The zero-order valence-corrected chi connectivity index (χ0v) is 10.7. The molecule has 1 N–H and O–H groups in total. The Morgan fingerprint density at radius 3 is 3.00 bits per heavy atom. The zero-order valence-electron chi connectivity index (χ0n) is 9.06. The van der Waals surface area contributed by atoms with Gasteiger partial charge < -0.3 is 5.32 Å². The van der Waals surface area contributed by atoms with E-state index in [0.29, 0.717) is 0 Å². The number of nitrogens with zero attached hydrogens (tertiary/aromatic N) is 2. The third kappa shape index (κ3) is 4.00.